The number of furan rings is 1. The maximum Gasteiger partial charge on any atom is 0.320 e. The molecule has 2 N–H and O–H groups in total. The first kappa shape index (κ1) is 14.8. The molecule has 0 atom stereocenters. The quantitative estimate of drug-likeness (QED) is 0.754. The van der Waals surface area contributed by atoms with Gasteiger partial charge in [-0.3, -0.25) is 5.32 Å². The van der Waals surface area contributed by atoms with Crippen LogP contribution in [0.15, 0.2) is 47.3 Å². The molecule has 0 aliphatic heterocycles. The first-order chi connectivity index (χ1) is 11.3. The molecule has 0 unspecified atom stereocenters. The summed E-state index contributed by atoms with van der Waals surface area (Å²) in [5.74, 6) is 1.78. The number of carbonyl (C=O) groups is 1. The maximum atomic E-state index is 11.8. The summed E-state index contributed by atoms with van der Waals surface area (Å²) in [4.78, 5) is 20.6. The van der Waals surface area contributed by atoms with Crippen molar-refractivity contribution in [3.8, 4) is 17.4 Å². The third kappa shape index (κ3) is 3.54. The summed E-state index contributed by atoms with van der Waals surface area (Å²) in [7, 11) is 0. The van der Waals surface area contributed by atoms with Gasteiger partial charge in [-0.1, -0.05) is 6.92 Å². The summed E-state index contributed by atoms with van der Waals surface area (Å²) in [6, 6.07) is 6.62. The molecule has 0 radical (unpaired) electrons. The number of amides is 2. The molecule has 3 aromatic rings. The lowest BCUT2D eigenvalue weighted by molar-refractivity contribution is 0.252. The second-order valence-electron chi connectivity index (χ2n) is 4.74. The highest BCUT2D eigenvalue weighted by Crippen LogP contribution is 2.19. The Morgan fingerprint density at radius 3 is 2.96 bits per heavy atom. The van der Waals surface area contributed by atoms with Gasteiger partial charge in [0.25, 0.3) is 0 Å². The SMILES string of the molecule is CCCNC(=O)Nc1cc(-n2cccn2)nc(-c2ccco2)n1. The van der Waals surface area contributed by atoms with Gasteiger partial charge >= 0.3 is 6.03 Å². The second-order valence-corrected chi connectivity index (χ2v) is 4.74. The van der Waals surface area contributed by atoms with Crippen molar-refractivity contribution in [1.82, 2.24) is 25.1 Å². The average Bonchev–Trinajstić information content (AvgIpc) is 3.25. The van der Waals surface area contributed by atoms with Crippen molar-refractivity contribution in [3.05, 3.63) is 42.9 Å². The highest BCUT2D eigenvalue weighted by atomic mass is 16.3. The molecular weight excluding hydrogens is 296 g/mol. The van der Waals surface area contributed by atoms with E-state index < -0.39 is 0 Å². The van der Waals surface area contributed by atoms with Gasteiger partial charge in [-0.15, -0.1) is 0 Å². The fraction of sp³-hybridized carbons (Fsp3) is 0.200. The predicted octanol–water partition coefficient (Wildman–Crippen LogP) is 2.45. The van der Waals surface area contributed by atoms with Gasteiger partial charge in [0, 0.05) is 25.0 Å². The topological polar surface area (TPSA) is 97.9 Å². The zero-order valence-corrected chi connectivity index (χ0v) is 12.6. The van der Waals surface area contributed by atoms with E-state index in [-0.39, 0.29) is 6.03 Å². The van der Waals surface area contributed by atoms with Crippen molar-refractivity contribution >= 4 is 11.8 Å². The van der Waals surface area contributed by atoms with Crippen molar-refractivity contribution in [3.63, 3.8) is 0 Å². The van der Waals surface area contributed by atoms with Crippen molar-refractivity contribution in [2.75, 3.05) is 11.9 Å². The Bertz CT molecular complexity index is 715. The van der Waals surface area contributed by atoms with E-state index >= 15 is 0 Å². The van der Waals surface area contributed by atoms with E-state index in [0.717, 1.165) is 6.42 Å². The van der Waals surface area contributed by atoms with Crippen LogP contribution in [0.3, 0.4) is 0 Å². The average molecular weight is 312 g/mol. The number of urea groups is 1. The van der Waals surface area contributed by atoms with E-state index in [4.69, 9.17) is 4.42 Å². The molecule has 0 saturated carbocycles. The van der Waals surface area contributed by atoms with Gasteiger partial charge in [-0.05, 0) is 24.6 Å². The van der Waals surface area contributed by atoms with Gasteiger partial charge in [0.2, 0.25) is 0 Å². The smallest absolute Gasteiger partial charge is 0.320 e. The highest BCUT2D eigenvalue weighted by Gasteiger charge is 2.12. The minimum atomic E-state index is -0.317. The minimum Gasteiger partial charge on any atom is -0.461 e. The summed E-state index contributed by atoms with van der Waals surface area (Å²) in [5, 5.41) is 9.58. The van der Waals surface area contributed by atoms with Crippen LogP contribution in [-0.4, -0.2) is 32.3 Å². The molecule has 0 aliphatic carbocycles. The molecule has 0 fully saturated rings. The maximum absolute atomic E-state index is 11.8. The third-order valence-corrected chi connectivity index (χ3v) is 2.97. The largest absolute Gasteiger partial charge is 0.461 e. The van der Waals surface area contributed by atoms with Crippen LogP contribution < -0.4 is 10.6 Å². The van der Waals surface area contributed by atoms with E-state index in [0.29, 0.717) is 29.8 Å². The van der Waals surface area contributed by atoms with E-state index in [1.165, 1.54) is 0 Å². The van der Waals surface area contributed by atoms with Gasteiger partial charge in [-0.2, -0.15) is 5.10 Å². The standard InChI is InChI=1S/C15H16N6O2/c1-2-6-16-15(22)19-12-10-13(21-8-4-7-17-21)20-14(18-12)11-5-3-9-23-11/h3-5,7-10H,2,6H2,1H3,(H2,16,18,19,20,22). The zero-order valence-electron chi connectivity index (χ0n) is 12.6. The Balaban J connectivity index is 1.93. The van der Waals surface area contributed by atoms with E-state index in [9.17, 15) is 4.79 Å². The number of nitrogens with one attached hydrogen (secondary N) is 2. The first-order valence-corrected chi connectivity index (χ1v) is 7.24. The Morgan fingerprint density at radius 1 is 1.35 bits per heavy atom. The Hall–Kier alpha value is -3.16. The molecule has 118 valence electrons. The van der Waals surface area contributed by atoms with Crippen molar-refractivity contribution in [1.29, 1.82) is 0 Å². The lowest BCUT2D eigenvalue weighted by Crippen LogP contribution is -2.29. The van der Waals surface area contributed by atoms with Crippen LogP contribution in [0.5, 0.6) is 0 Å². The van der Waals surface area contributed by atoms with Gasteiger partial charge in [0.15, 0.2) is 17.4 Å². The molecule has 8 nitrogen and oxygen atoms in total. The normalized spacial score (nSPS) is 10.5. The number of hydrogen-bond acceptors (Lipinski definition) is 5. The molecule has 23 heavy (non-hydrogen) atoms. The number of anilines is 1. The summed E-state index contributed by atoms with van der Waals surface area (Å²) < 4.78 is 6.92. The van der Waals surface area contributed by atoms with Crippen LogP contribution in [0.1, 0.15) is 13.3 Å². The van der Waals surface area contributed by atoms with Crippen LogP contribution in [0, 0.1) is 0 Å². The molecular formula is C15H16N6O2. The monoisotopic (exact) mass is 312 g/mol. The fourth-order valence-electron chi connectivity index (χ4n) is 1.94. The van der Waals surface area contributed by atoms with Gasteiger partial charge < -0.3 is 9.73 Å². The second kappa shape index (κ2) is 6.73. The molecule has 8 heteroatoms. The van der Waals surface area contributed by atoms with Gasteiger partial charge in [0.1, 0.15) is 5.82 Å². The molecule has 0 aliphatic rings. The van der Waals surface area contributed by atoms with Crippen LogP contribution in [-0.2, 0) is 0 Å². The Labute approximate surface area is 132 Å². The molecule has 2 amide bonds. The van der Waals surface area contributed by atoms with Crippen molar-refractivity contribution in [2.24, 2.45) is 0 Å². The fourth-order valence-corrected chi connectivity index (χ4v) is 1.94. The number of rotatable bonds is 5. The molecule has 0 saturated heterocycles. The summed E-state index contributed by atoms with van der Waals surface area (Å²) in [5.41, 5.74) is 0. The lowest BCUT2D eigenvalue weighted by Gasteiger charge is -2.09. The molecule has 3 heterocycles. The van der Waals surface area contributed by atoms with Crippen LogP contribution in [0.2, 0.25) is 0 Å². The third-order valence-electron chi connectivity index (χ3n) is 2.97. The van der Waals surface area contributed by atoms with Crippen molar-refractivity contribution < 1.29 is 9.21 Å². The zero-order chi connectivity index (χ0) is 16.1. The van der Waals surface area contributed by atoms with Gasteiger partial charge in [0.05, 0.1) is 6.26 Å². The number of nitrogens with zero attached hydrogens (tertiary/aromatic N) is 4. The van der Waals surface area contributed by atoms with E-state index in [2.05, 4.69) is 25.7 Å². The Kier molecular flexibility index (Phi) is 4.32. The van der Waals surface area contributed by atoms with Crippen LogP contribution in [0.25, 0.3) is 17.4 Å². The number of carbonyl (C=O) groups excluding carboxylic acids is 1. The summed E-state index contributed by atoms with van der Waals surface area (Å²) >= 11 is 0. The van der Waals surface area contributed by atoms with E-state index in [1.54, 1.807) is 47.6 Å². The first-order valence-electron chi connectivity index (χ1n) is 7.24. The predicted molar refractivity (Wildman–Crippen MR) is 84.2 cm³/mol. The number of hydrogen-bond donors (Lipinski definition) is 2. The molecule has 0 spiro atoms. The highest BCUT2D eigenvalue weighted by molar-refractivity contribution is 5.88. The van der Waals surface area contributed by atoms with Crippen LogP contribution >= 0.6 is 0 Å². The lowest BCUT2D eigenvalue weighted by atomic mass is 10.4. The summed E-state index contributed by atoms with van der Waals surface area (Å²) in [6.07, 6.45) is 5.80. The molecule has 0 bridgehead atoms. The minimum absolute atomic E-state index is 0.317. The molecule has 0 aromatic carbocycles. The van der Waals surface area contributed by atoms with Gasteiger partial charge in [-0.25, -0.2) is 19.4 Å². The molecule has 3 aromatic heterocycles. The Morgan fingerprint density at radius 2 is 2.26 bits per heavy atom. The van der Waals surface area contributed by atoms with Crippen molar-refractivity contribution in [2.45, 2.75) is 13.3 Å². The molecule has 3 rings (SSSR count). The summed E-state index contributed by atoms with van der Waals surface area (Å²) in [6.45, 7) is 2.57. The number of aromatic nitrogens is 4. The van der Waals surface area contributed by atoms with E-state index in [1.807, 2.05) is 6.92 Å². The van der Waals surface area contributed by atoms with Crippen LogP contribution in [0.4, 0.5) is 10.6 Å².